The molecule has 134 valence electrons. The van der Waals surface area contributed by atoms with Gasteiger partial charge in [-0.1, -0.05) is 54.6 Å². The van der Waals surface area contributed by atoms with Crippen molar-refractivity contribution in [2.24, 2.45) is 0 Å². The molecule has 2 aromatic carbocycles. The van der Waals surface area contributed by atoms with E-state index in [1.807, 2.05) is 54.6 Å². The Kier molecular flexibility index (Phi) is 4.25. The standard InChI is InChI=1S/C20H16N4O3/c1-2-27-20(26)16-12-21-24(19(16)25)18-15-11-7-6-10-14(15)17(22-23-18)13-8-4-3-5-9-13/h3-12,21H,2H2,1H3. The number of esters is 1. The van der Waals surface area contributed by atoms with Gasteiger partial charge in [0.25, 0.3) is 5.56 Å². The van der Waals surface area contributed by atoms with E-state index in [-0.39, 0.29) is 12.2 Å². The molecule has 0 aliphatic carbocycles. The second-order valence-corrected chi connectivity index (χ2v) is 5.83. The van der Waals surface area contributed by atoms with E-state index in [0.717, 1.165) is 22.0 Å². The minimum atomic E-state index is -0.671. The third-order valence-corrected chi connectivity index (χ3v) is 4.19. The lowest BCUT2D eigenvalue weighted by atomic mass is 10.0. The molecule has 2 aromatic heterocycles. The van der Waals surface area contributed by atoms with Gasteiger partial charge in [0, 0.05) is 22.5 Å². The molecule has 4 rings (SSSR count). The Morgan fingerprint density at radius 1 is 1.04 bits per heavy atom. The maximum absolute atomic E-state index is 12.6. The fourth-order valence-corrected chi connectivity index (χ4v) is 2.95. The molecule has 4 aromatic rings. The Morgan fingerprint density at radius 3 is 2.48 bits per heavy atom. The maximum Gasteiger partial charge on any atom is 0.345 e. The molecule has 0 bridgehead atoms. The largest absolute Gasteiger partial charge is 0.462 e. The normalized spacial score (nSPS) is 10.9. The van der Waals surface area contributed by atoms with Gasteiger partial charge in [0.15, 0.2) is 5.82 Å². The Hall–Kier alpha value is -3.74. The van der Waals surface area contributed by atoms with Crippen LogP contribution >= 0.6 is 0 Å². The summed E-state index contributed by atoms with van der Waals surface area (Å²) in [5, 5.41) is 13.0. The number of benzene rings is 2. The lowest BCUT2D eigenvalue weighted by Crippen LogP contribution is -2.22. The predicted molar refractivity (Wildman–Crippen MR) is 101 cm³/mol. The topological polar surface area (TPSA) is 89.9 Å². The molecule has 0 radical (unpaired) electrons. The number of fused-ring (bicyclic) bond motifs is 1. The highest BCUT2D eigenvalue weighted by atomic mass is 16.5. The van der Waals surface area contributed by atoms with Crippen molar-refractivity contribution in [3.05, 3.63) is 76.7 Å². The van der Waals surface area contributed by atoms with Gasteiger partial charge in [-0.15, -0.1) is 10.2 Å². The molecule has 0 fully saturated rings. The number of carbonyl (C=O) groups is 1. The van der Waals surface area contributed by atoms with Crippen molar-refractivity contribution in [3.8, 4) is 17.1 Å². The van der Waals surface area contributed by atoms with E-state index in [0.29, 0.717) is 5.82 Å². The van der Waals surface area contributed by atoms with Gasteiger partial charge in [-0.3, -0.25) is 9.89 Å². The van der Waals surface area contributed by atoms with Crippen molar-refractivity contribution in [1.82, 2.24) is 20.0 Å². The Labute approximate surface area is 154 Å². The average Bonchev–Trinajstić information content (AvgIpc) is 3.09. The number of hydrogen-bond donors (Lipinski definition) is 1. The number of aromatic amines is 1. The van der Waals surface area contributed by atoms with Crippen LogP contribution in [0.3, 0.4) is 0 Å². The van der Waals surface area contributed by atoms with Crippen LogP contribution in [-0.2, 0) is 4.74 Å². The van der Waals surface area contributed by atoms with Crippen LogP contribution in [0, 0.1) is 0 Å². The zero-order chi connectivity index (χ0) is 18.8. The molecule has 0 atom stereocenters. The summed E-state index contributed by atoms with van der Waals surface area (Å²) >= 11 is 0. The SMILES string of the molecule is CCOC(=O)c1c[nH]n(-c2nnc(-c3ccccc3)c3ccccc23)c1=O. The summed E-state index contributed by atoms with van der Waals surface area (Å²) < 4.78 is 6.12. The molecule has 0 aliphatic heterocycles. The number of aromatic nitrogens is 4. The van der Waals surface area contributed by atoms with E-state index in [2.05, 4.69) is 15.3 Å². The molecule has 1 N–H and O–H groups in total. The first-order valence-electron chi connectivity index (χ1n) is 8.49. The zero-order valence-corrected chi connectivity index (χ0v) is 14.5. The fraction of sp³-hybridized carbons (Fsp3) is 0.100. The van der Waals surface area contributed by atoms with Gasteiger partial charge in [-0.25, -0.2) is 4.79 Å². The van der Waals surface area contributed by atoms with Gasteiger partial charge in [0.2, 0.25) is 0 Å². The summed E-state index contributed by atoms with van der Waals surface area (Å²) in [6.45, 7) is 1.88. The van der Waals surface area contributed by atoms with Crippen molar-refractivity contribution in [2.45, 2.75) is 6.92 Å². The first-order valence-corrected chi connectivity index (χ1v) is 8.49. The molecule has 27 heavy (non-hydrogen) atoms. The number of nitrogens with zero attached hydrogens (tertiary/aromatic N) is 3. The molecule has 0 spiro atoms. The second kappa shape index (κ2) is 6.87. The molecular weight excluding hydrogens is 344 g/mol. The van der Waals surface area contributed by atoms with Crippen LogP contribution < -0.4 is 5.56 Å². The van der Waals surface area contributed by atoms with Crippen molar-refractivity contribution in [2.75, 3.05) is 6.61 Å². The third-order valence-electron chi connectivity index (χ3n) is 4.19. The number of rotatable bonds is 4. The minimum Gasteiger partial charge on any atom is -0.462 e. The van der Waals surface area contributed by atoms with Crippen LogP contribution in [0.15, 0.2) is 65.6 Å². The minimum absolute atomic E-state index is 0.0742. The van der Waals surface area contributed by atoms with Crippen LogP contribution in [0.25, 0.3) is 27.8 Å². The quantitative estimate of drug-likeness (QED) is 0.565. The molecule has 0 aliphatic rings. The van der Waals surface area contributed by atoms with Gasteiger partial charge >= 0.3 is 5.97 Å². The molecular formula is C20H16N4O3. The van der Waals surface area contributed by atoms with Crippen molar-refractivity contribution >= 4 is 16.7 Å². The molecule has 0 amide bonds. The Morgan fingerprint density at radius 2 is 1.74 bits per heavy atom. The van der Waals surface area contributed by atoms with Crippen LogP contribution in [0.1, 0.15) is 17.3 Å². The number of ether oxygens (including phenoxy) is 1. The van der Waals surface area contributed by atoms with E-state index >= 15 is 0 Å². The highest BCUT2D eigenvalue weighted by molar-refractivity contribution is 5.98. The van der Waals surface area contributed by atoms with Crippen molar-refractivity contribution in [3.63, 3.8) is 0 Å². The van der Waals surface area contributed by atoms with Gasteiger partial charge < -0.3 is 4.74 Å². The van der Waals surface area contributed by atoms with Crippen LogP contribution in [0.4, 0.5) is 0 Å². The first-order chi connectivity index (χ1) is 13.2. The highest BCUT2D eigenvalue weighted by Gasteiger charge is 2.19. The predicted octanol–water partition coefficient (Wildman–Crippen LogP) is 2.95. The van der Waals surface area contributed by atoms with Gasteiger partial charge in [-0.05, 0) is 6.92 Å². The molecule has 0 saturated heterocycles. The van der Waals surface area contributed by atoms with Crippen LogP contribution in [0.5, 0.6) is 0 Å². The summed E-state index contributed by atoms with van der Waals surface area (Å²) in [6, 6.07) is 17.3. The number of H-pyrrole nitrogens is 1. The van der Waals surface area contributed by atoms with Gasteiger partial charge in [0.05, 0.1) is 6.61 Å². The molecule has 7 heteroatoms. The summed E-state index contributed by atoms with van der Waals surface area (Å²) in [5.74, 6) is -0.346. The Bertz CT molecular complexity index is 1180. The zero-order valence-electron chi connectivity index (χ0n) is 14.5. The smallest absolute Gasteiger partial charge is 0.345 e. The number of hydrogen-bond acceptors (Lipinski definition) is 5. The van der Waals surface area contributed by atoms with Crippen LogP contribution in [-0.4, -0.2) is 32.6 Å². The number of nitrogens with one attached hydrogen (secondary N) is 1. The molecule has 2 heterocycles. The van der Waals surface area contributed by atoms with Crippen molar-refractivity contribution in [1.29, 1.82) is 0 Å². The first kappa shape index (κ1) is 16.7. The third kappa shape index (κ3) is 2.89. The van der Waals surface area contributed by atoms with E-state index in [4.69, 9.17) is 4.74 Å². The summed E-state index contributed by atoms with van der Waals surface area (Å²) in [4.78, 5) is 24.6. The number of carbonyl (C=O) groups excluding carboxylic acids is 1. The highest BCUT2D eigenvalue weighted by Crippen LogP contribution is 2.28. The second-order valence-electron chi connectivity index (χ2n) is 5.83. The van der Waals surface area contributed by atoms with Gasteiger partial charge in [0.1, 0.15) is 11.3 Å². The van der Waals surface area contributed by atoms with Crippen molar-refractivity contribution < 1.29 is 9.53 Å². The van der Waals surface area contributed by atoms with E-state index in [1.54, 1.807) is 6.92 Å². The van der Waals surface area contributed by atoms with E-state index < -0.39 is 11.5 Å². The summed E-state index contributed by atoms with van der Waals surface area (Å²) in [7, 11) is 0. The lowest BCUT2D eigenvalue weighted by molar-refractivity contribution is 0.0525. The Balaban J connectivity index is 1.91. The van der Waals surface area contributed by atoms with Crippen LogP contribution in [0.2, 0.25) is 0 Å². The monoisotopic (exact) mass is 360 g/mol. The summed E-state index contributed by atoms with van der Waals surface area (Å²) in [6.07, 6.45) is 1.32. The fourth-order valence-electron chi connectivity index (χ4n) is 2.95. The summed E-state index contributed by atoms with van der Waals surface area (Å²) in [5.41, 5.74) is 1.05. The molecule has 0 saturated carbocycles. The van der Waals surface area contributed by atoms with E-state index in [9.17, 15) is 9.59 Å². The average molecular weight is 360 g/mol. The lowest BCUT2D eigenvalue weighted by Gasteiger charge is -2.09. The maximum atomic E-state index is 12.6. The van der Waals surface area contributed by atoms with Gasteiger partial charge in [-0.2, -0.15) is 4.68 Å². The van der Waals surface area contributed by atoms with E-state index in [1.165, 1.54) is 10.9 Å². The molecule has 0 unspecified atom stereocenters. The molecule has 7 nitrogen and oxygen atoms in total.